The molecule has 122 valence electrons. The van der Waals surface area contributed by atoms with E-state index in [1.165, 1.54) is 7.11 Å². The quantitative estimate of drug-likeness (QED) is 0.623. The number of ether oxygens (including phenoxy) is 3. The maximum Gasteiger partial charge on any atom is 0.311 e. The molecule has 5 heteroatoms. The Morgan fingerprint density at radius 3 is 2.62 bits per heavy atom. The molecule has 0 amide bonds. The normalized spacial score (nSPS) is 27.3. The van der Waals surface area contributed by atoms with Crippen LogP contribution in [0.5, 0.6) is 0 Å². The SMILES string of the molecule is COC(=O)C(C)C(O)/C=C/CC1OC(C)(C)OCC1(C)C. The first-order valence-corrected chi connectivity index (χ1v) is 7.33. The maximum atomic E-state index is 11.3. The molecule has 1 saturated heterocycles. The first kappa shape index (κ1) is 18.1. The lowest BCUT2D eigenvalue weighted by Crippen LogP contribution is -2.50. The minimum absolute atomic E-state index is 0.00173. The van der Waals surface area contributed by atoms with Crippen LogP contribution >= 0.6 is 0 Å². The summed E-state index contributed by atoms with van der Waals surface area (Å²) in [4.78, 5) is 11.3. The van der Waals surface area contributed by atoms with E-state index in [0.29, 0.717) is 13.0 Å². The molecular weight excluding hydrogens is 272 g/mol. The molecule has 21 heavy (non-hydrogen) atoms. The number of esters is 1. The molecule has 0 aromatic heterocycles. The molecule has 0 aliphatic carbocycles. The van der Waals surface area contributed by atoms with E-state index in [4.69, 9.17) is 9.47 Å². The van der Waals surface area contributed by atoms with Gasteiger partial charge in [0, 0.05) is 5.41 Å². The highest BCUT2D eigenvalue weighted by Gasteiger charge is 2.41. The molecule has 1 heterocycles. The molecule has 1 fully saturated rings. The van der Waals surface area contributed by atoms with E-state index in [2.05, 4.69) is 18.6 Å². The van der Waals surface area contributed by atoms with Gasteiger partial charge in [-0.05, 0) is 27.2 Å². The van der Waals surface area contributed by atoms with Crippen LogP contribution in [0.1, 0.15) is 41.0 Å². The molecule has 0 saturated carbocycles. The summed E-state index contributed by atoms with van der Waals surface area (Å²) in [6.07, 6.45) is 3.29. The fraction of sp³-hybridized carbons (Fsp3) is 0.812. The summed E-state index contributed by atoms with van der Waals surface area (Å²) in [6.45, 7) is 10.2. The third-order valence-corrected chi connectivity index (χ3v) is 3.86. The number of aliphatic hydroxyl groups excluding tert-OH is 1. The lowest BCUT2D eigenvalue weighted by Gasteiger charge is -2.45. The van der Waals surface area contributed by atoms with Crippen molar-refractivity contribution >= 4 is 5.97 Å². The highest BCUT2D eigenvalue weighted by Crippen LogP contribution is 2.36. The van der Waals surface area contributed by atoms with Crippen molar-refractivity contribution < 1.29 is 24.1 Å². The predicted molar refractivity (Wildman–Crippen MR) is 79.6 cm³/mol. The first-order valence-electron chi connectivity index (χ1n) is 7.33. The Kier molecular flexibility index (Phi) is 5.96. The Labute approximate surface area is 127 Å². The molecule has 1 rings (SSSR count). The van der Waals surface area contributed by atoms with Crippen molar-refractivity contribution in [3.05, 3.63) is 12.2 Å². The van der Waals surface area contributed by atoms with E-state index in [1.54, 1.807) is 13.0 Å². The van der Waals surface area contributed by atoms with E-state index >= 15 is 0 Å². The Morgan fingerprint density at radius 1 is 1.43 bits per heavy atom. The van der Waals surface area contributed by atoms with Gasteiger partial charge >= 0.3 is 5.97 Å². The first-order chi connectivity index (χ1) is 9.59. The second-order valence-corrected chi connectivity index (χ2v) is 6.75. The molecule has 1 aliphatic heterocycles. The summed E-state index contributed by atoms with van der Waals surface area (Å²) in [6, 6.07) is 0. The van der Waals surface area contributed by atoms with Crippen molar-refractivity contribution in [2.45, 2.75) is 59.0 Å². The molecule has 5 nitrogen and oxygen atoms in total. The van der Waals surface area contributed by atoms with Crippen LogP contribution in [0, 0.1) is 11.3 Å². The smallest absolute Gasteiger partial charge is 0.311 e. The van der Waals surface area contributed by atoms with Gasteiger partial charge < -0.3 is 19.3 Å². The number of carbonyl (C=O) groups is 1. The third-order valence-electron chi connectivity index (χ3n) is 3.86. The van der Waals surface area contributed by atoms with Gasteiger partial charge in [0.25, 0.3) is 0 Å². The Balaban J connectivity index is 2.60. The number of carbonyl (C=O) groups excluding carboxylic acids is 1. The lowest BCUT2D eigenvalue weighted by atomic mass is 9.84. The zero-order valence-corrected chi connectivity index (χ0v) is 13.9. The highest BCUT2D eigenvalue weighted by atomic mass is 16.7. The average Bonchev–Trinajstić information content (AvgIpc) is 2.41. The molecule has 0 bridgehead atoms. The van der Waals surface area contributed by atoms with E-state index in [-0.39, 0.29) is 11.5 Å². The fourth-order valence-corrected chi connectivity index (χ4v) is 2.19. The Bertz CT molecular complexity index is 386. The van der Waals surface area contributed by atoms with Gasteiger partial charge in [0.2, 0.25) is 0 Å². The largest absolute Gasteiger partial charge is 0.469 e. The number of methoxy groups -OCH3 is 1. The molecule has 0 aromatic carbocycles. The van der Waals surface area contributed by atoms with Crippen molar-refractivity contribution in [1.82, 2.24) is 0 Å². The third kappa shape index (κ3) is 5.09. The van der Waals surface area contributed by atoms with Crippen molar-refractivity contribution in [3.8, 4) is 0 Å². The molecule has 3 unspecified atom stereocenters. The molecule has 1 aliphatic rings. The minimum atomic E-state index is -0.853. The summed E-state index contributed by atoms with van der Waals surface area (Å²) < 4.78 is 16.2. The van der Waals surface area contributed by atoms with Gasteiger partial charge in [0.05, 0.1) is 31.8 Å². The van der Waals surface area contributed by atoms with Crippen LogP contribution in [0.25, 0.3) is 0 Å². The van der Waals surface area contributed by atoms with Crippen molar-refractivity contribution in [3.63, 3.8) is 0 Å². The highest BCUT2D eigenvalue weighted by molar-refractivity contribution is 5.72. The van der Waals surface area contributed by atoms with Crippen LogP contribution in [0.2, 0.25) is 0 Å². The van der Waals surface area contributed by atoms with Crippen LogP contribution in [0.4, 0.5) is 0 Å². The van der Waals surface area contributed by atoms with Gasteiger partial charge in [-0.2, -0.15) is 0 Å². The molecular formula is C16H28O5. The summed E-state index contributed by atoms with van der Waals surface area (Å²) in [5.74, 6) is -1.59. The molecule has 0 radical (unpaired) electrons. The Morgan fingerprint density at radius 2 is 2.05 bits per heavy atom. The zero-order chi connectivity index (χ0) is 16.3. The van der Waals surface area contributed by atoms with Crippen LogP contribution in [0.15, 0.2) is 12.2 Å². The standard InChI is InChI=1S/C16H28O5/c1-11(14(18)19-6)12(17)8-7-9-13-15(2,3)10-20-16(4,5)21-13/h7-8,11-13,17H,9-10H2,1-6H3/b8-7+. The average molecular weight is 300 g/mol. The predicted octanol–water partition coefficient (Wildman–Crippen LogP) is 2.28. The van der Waals surface area contributed by atoms with Gasteiger partial charge in [-0.1, -0.05) is 26.0 Å². The second-order valence-electron chi connectivity index (χ2n) is 6.75. The summed E-state index contributed by atoms with van der Waals surface area (Å²) in [5, 5.41) is 9.93. The van der Waals surface area contributed by atoms with E-state index < -0.39 is 23.8 Å². The summed E-state index contributed by atoms with van der Waals surface area (Å²) >= 11 is 0. The molecule has 0 spiro atoms. The van der Waals surface area contributed by atoms with Crippen molar-refractivity contribution in [1.29, 1.82) is 0 Å². The van der Waals surface area contributed by atoms with Crippen LogP contribution in [-0.2, 0) is 19.0 Å². The van der Waals surface area contributed by atoms with Crippen LogP contribution in [0.3, 0.4) is 0 Å². The number of hydrogen-bond acceptors (Lipinski definition) is 5. The van der Waals surface area contributed by atoms with Gasteiger partial charge in [0.1, 0.15) is 0 Å². The molecule has 1 N–H and O–H groups in total. The second kappa shape index (κ2) is 6.90. The van der Waals surface area contributed by atoms with Crippen molar-refractivity contribution in [2.24, 2.45) is 11.3 Å². The number of hydrogen-bond donors (Lipinski definition) is 1. The van der Waals surface area contributed by atoms with E-state index in [0.717, 1.165) is 0 Å². The van der Waals surface area contributed by atoms with Gasteiger partial charge in [-0.25, -0.2) is 0 Å². The minimum Gasteiger partial charge on any atom is -0.469 e. The lowest BCUT2D eigenvalue weighted by molar-refractivity contribution is -0.310. The zero-order valence-electron chi connectivity index (χ0n) is 13.9. The van der Waals surface area contributed by atoms with Gasteiger partial charge in [0.15, 0.2) is 5.79 Å². The van der Waals surface area contributed by atoms with Gasteiger partial charge in [-0.3, -0.25) is 4.79 Å². The topological polar surface area (TPSA) is 65.0 Å². The summed E-state index contributed by atoms with van der Waals surface area (Å²) in [7, 11) is 1.32. The maximum absolute atomic E-state index is 11.3. The van der Waals surface area contributed by atoms with E-state index in [9.17, 15) is 9.90 Å². The monoisotopic (exact) mass is 300 g/mol. The molecule has 3 atom stereocenters. The number of aliphatic hydroxyl groups is 1. The van der Waals surface area contributed by atoms with Gasteiger partial charge in [-0.15, -0.1) is 0 Å². The Hall–Kier alpha value is -0.910. The van der Waals surface area contributed by atoms with Crippen LogP contribution in [-0.4, -0.2) is 42.8 Å². The summed E-state index contributed by atoms with van der Waals surface area (Å²) in [5.41, 5.74) is -0.0984. The number of rotatable bonds is 5. The van der Waals surface area contributed by atoms with Crippen LogP contribution < -0.4 is 0 Å². The van der Waals surface area contributed by atoms with E-state index in [1.807, 2.05) is 19.9 Å². The fourth-order valence-electron chi connectivity index (χ4n) is 2.19. The molecule has 0 aromatic rings. The van der Waals surface area contributed by atoms with Crippen molar-refractivity contribution in [2.75, 3.05) is 13.7 Å².